The minimum Gasteiger partial charge on any atom is -0.398 e. The van der Waals surface area contributed by atoms with E-state index < -0.39 is 4.92 Å². The lowest BCUT2D eigenvalue weighted by atomic mass is 10.1. The van der Waals surface area contributed by atoms with E-state index in [4.69, 9.17) is 10.5 Å². The molecule has 2 N–H and O–H groups in total. The van der Waals surface area contributed by atoms with Crippen LogP contribution in [0.25, 0.3) is 0 Å². The Labute approximate surface area is 103 Å². The maximum Gasteiger partial charge on any atom is 0.271 e. The first-order valence-electron chi connectivity index (χ1n) is 5.50. The van der Waals surface area contributed by atoms with Gasteiger partial charge < -0.3 is 15.4 Å². The summed E-state index contributed by atoms with van der Waals surface area (Å²) in [5, 5.41) is 10.6. The van der Waals surface area contributed by atoms with Crippen LogP contribution in [0.2, 0.25) is 0 Å². The van der Waals surface area contributed by atoms with Crippen molar-refractivity contribution in [3.8, 4) is 0 Å². The fraction of sp³-hybridized carbons (Fsp3) is 0.364. The molecule has 1 amide bonds. The van der Waals surface area contributed by atoms with Crippen molar-refractivity contribution in [1.29, 1.82) is 0 Å². The molecule has 7 nitrogen and oxygen atoms in total. The fourth-order valence-electron chi connectivity index (χ4n) is 1.80. The molecule has 2 rings (SSSR count). The van der Waals surface area contributed by atoms with Gasteiger partial charge in [-0.05, 0) is 6.07 Å². The van der Waals surface area contributed by atoms with Crippen molar-refractivity contribution >= 4 is 17.3 Å². The highest BCUT2D eigenvalue weighted by Crippen LogP contribution is 2.21. The first-order chi connectivity index (χ1) is 8.59. The van der Waals surface area contributed by atoms with Gasteiger partial charge in [0, 0.05) is 25.2 Å². The number of hydrogen-bond donors (Lipinski definition) is 1. The SMILES string of the molecule is Nc1cc([N+](=O)[O-])ccc1C(=O)N1CCOCC1. The van der Waals surface area contributed by atoms with Crippen LogP contribution in [0.3, 0.4) is 0 Å². The van der Waals surface area contributed by atoms with Crippen molar-refractivity contribution in [1.82, 2.24) is 4.90 Å². The van der Waals surface area contributed by atoms with Crippen molar-refractivity contribution in [3.05, 3.63) is 33.9 Å². The molecule has 0 aromatic heterocycles. The molecule has 1 aliphatic heterocycles. The quantitative estimate of drug-likeness (QED) is 0.472. The van der Waals surface area contributed by atoms with E-state index in [-0.39, 0.29) is 17.3 Å². The zero-order chi connectivity index (χ0) is 13.1. The molecule has 0 spiro atoms. The van der Waals surface area contributed by atoms with Crippen LogP contribution in [-0.2, 0) is 4.74 Å². The summed E-state index contributed by atoms with van der Waals surface area (Å²) in [5.41, 5.74) is 5.98. The van der Waals surface area contributed by atoms with Crippen LogP contribution < -0.4 is 5.73 Å². The smallest absolute Gasteiger partial charge is 0.271 e. The molecule has 0 saturated carbocycles. The Morgan fingerprint density at radius 1 is 1.39 bits per heavy atom. The monoisotopic (exact) mass is 251 g/mol. The summed E-state index contributed by atoms with van der Waals surface area (Å²) in [5.74, 6) is -0.217. The van der Waals surface area contributed by atoms with E-state index in [1.165, 1.54) is 18.2 Å². The molecule has 0 atom stereocenters. The summed E-state index contributed by atoms with van der Waals surface area (Å²) in [6, 6.07) is 3.88. The molecular formula is C11H13N3O4. The average molecular weight is 251 g/mol. The predicted molar refractivity (Wildman–Crippen MR) is 64.2 cm³/mol. The molecule has 0 aliphatic carbocycles. The van der Waals surface area contributed by atoms with Crippen LogP contribution in [0.5, 0.6) is 0 Å². The number of ether oxygens (including phenoxy) is 1. The van der Waals surface area contributed by atoms with Gasteiger partial charge in [0.05, 0.1) is 29.4 Å². The van der Waals surface area contributed by atoms with Crippen molar-refractivity contribution in [2.45, 2.75) is 0 Å². The number of benzene rings is 1. The molecule has 0 bridgehead atoms. The van der Waals surface area contributed by atoms with Crippen molar-refractivity contribution in [2.75, 3.05) is 32.0 Å². The van der Waals surface area contributed by atoms with Crippen LogP contribution in [0, 0.1) is 10.1 Å². The third-order valence-corrected chi connectivity index (χ3v) is 2.77. The van der Waals surface area contributed by atoms with Gasteiger partial charge in [0.1, 0.15) is 0 Å². The predicted octanol–water partition coefficient (Wildman–Crippen LogP) is 0.649. The standard InChI is InChI=1S/C11H13N3O4/c12-10-7-8(14(16)17)1-2-9(10)11(15)13-3-5-18-6-4-13/h1-2,7H,3-6,12H2. The number of nitrogens with zero attached hydrogens (tertiary/aromatic N) is 2. The Balaban J connectivity index is 2.22. The third kappa shape index (κ3) is 2.40. The Hall–Kier alpha value is -2.15. The molecule has 1 fully saturated rings. The van der Waals surface area contributed by atoms with Gasteiger partial charge in [0.25, 0.3) is 11.6 Å². The summed E-state index contributed by atoms with van der Waals surface area (Å²) in [6.07, 6.45) is 0. The number of anilines is 1. The van der Waals surface area contributed by atoms with E-state index in [0.29, 0.717) is 31.9 Å². The van der Waals surface area contributed by atoms with E-state index in [2.05, 4.69) is 0 Å². The maximum atomic E-state index is 12.1. The number of rotatable bonds is 2. The number of carbonyl (C=O) groups is 1. The van der Waals surface area contributed by atoms with Crippen LogP contribution in [0.15, 0.2) is 18.2 Å². The van der Waals surface area contributed by atoms with Gasteiger partial charge in [0.15, 0.2) is 0 Å². The molecular weight excluding hydrogens is 238 g/mol. The second kappa shape index (κ2) is 5.01. The number of nitro groups is 1. The number of nitrogen functional groups attached to an aromatic ring is 1. The lowest BCUT2D eigenvalue weighted by molar-refractivity contribution is -0.384. The van der Waals surface area contributed by atoms with Crippen molar-refractivity contribution < 1.29 is 14.5 Å². The first-order valence-corrected chi connectivity index (χ1v) is 5.50. The first kappa shape index (κ1) is 12.3. The van der Waals surface area contributed by atoms with Gasteiger partial charge in [-0.15, -0.1) is 0 Å². The van der Waals surface area contributed by atoms with E-state index in [0.717, 1.165) is 0 Å². The molecule has 18 heavy (non-hydrogen) atoms. The second-order valence-electron chi connectivity index (χ2n) is 3.93. The zero-order valence-electron chi connectivity index (χ0n) is 9.67. The third-order valence-electron chi connectivity index (χ3n) is 2.77. The van der Waals surface area contributed by atoms with E-state index in [1.807, 2.05) is 0 Å². The number of morpholine rings is 1. The van der Waals surface area contributed by atoms with Crippen LogP contribution >= 0.6 is 0 Å². The highest BCUT2D eigenvalue weighted by Gasteiger charge is 2.21. The number of nitro benzene ring substituents is 1. The normalized spacial score (nSPS) is 15.4. The van der Waals surface area contributed by atoms with Crippen LogP contribution in [0.4, 0.5) is 11.4 Å². The molecule has 7 heteroatoms. The minimum atomic E-state index is -0.542. The number of nitrogens with two attached hydrogens (primary N) is 1. The summed E-state index contributed by atoms with van der Waals surface area (Å²) < 4.78 is 5.15. The van der Waals surface area contributed by atoms with Crippen LogP contribution in [-0.4, -0.2) is 42.0 Å². The highest BCUT2D eigenvalue weighted by atomic mass is 16.6. The molecule has 0 unspecified atom stereocenters. The average Bonchev–Trinajstić information content (AvgIpc) is 2.38. The molecule has 0 radical (unpaired) electrons. The molecule has 1 aromatic carbocycles. The fourth-order valence-corrected chi connectivity index (χ4v) is 1.80. The maximum absolute atomic E-state index is 12.1. The number of non-ortho nitro benzene ring substituents is 1. The van der Waals surface area contributed by atoms with Crippen molar-refractivity contribution in [2.24, 2.45) is 0 Å². The summed E-state index contributed by atoms with van der Waals surface area (Å²) in [4.78, 5) is 23.8. The van der Waals surface area contributed by atoms with Crippen molar-refractivity contribution in [3.63, 3.8) is 0 Å². The van der Waals surface area contributed by atoms with Gasteiger partial charge in [-0.3, -0.25) is 14.9 Å². The molecule has 1 heterocycles. The van der Waals surface area contributed by atoms with Gasteiger partial charge in [0.2, 0.25) is 0 Å². The minimum absolute atomic E-state index is 0.119. The topological polar surface area (TPSA) is 98.7 Å². The Kier molecular flexibility index (Phi) is 3.42. The number of carbonyl (C=O) groups excluding carboxylic acids is 1. The summed E-state index contributed by atoms with van der Waals surface area (Å²) in [6.45, 7) is 2.02. The lowest BCUT2D eigenvalue weighted by Gasteiger charge is -2.27. The number of hydrogen-bond acceptors (Lipinski definition) is 5. The summed E-state index contributed by atoms with van der Waals surface area (Å²) in [7, 11) is 0. The van der Waals surface area contributed by atoms with Gasteiger partial charge >= 0.3 is 0 Å². The molecule has 1 aromatic rings. The molecule has 96 valence electrons. The lowest BCUT2D eigenvalue weighted by Crippen LogP contribution is -2.40. The zero-order valence-corrected chi connectivity index (χ0v) is 9.67. The Morgan fingerprint density at radius 3 is 2.61 bits per heavy atom. The van der Waals surface area contributed by atoms with Gasteiger partial charge in [-0.1, -0.05) is 0 Å². The Morgan fingerprint density at radius 2 is 2.06 bits per heavy atom. The van der Waals surface area contributed by atoms with Gasteiger partial charge in [-0.2, -0.15) is 0 Å². The molecule has 1 aliphatic rings. The highest BCUT2D eigenvalue weighted by molar-refractivity contribution is 5.99. The van der Waals surface area contributed by atoms with E-state index in [9.17, 15) is 14.9 Å². The van der Waals surface area contributed by atoms with Gasteiger partial charge in [-0.25, -0.2) is 0 Å². The Bertz CT molecular complexity index is 483. The van der Waals surface area contributed by atoms with E-state index in [1.54, 1.807) is 4.90 Å². The van der Waals surface area contributed by atoms with Crippen LogP contribution in [0.1, 0.15) is 10.4 Å². The largest absolute Gasteiger partial charge is 0.398 e. The second-order valence-corrected chi connectivity index (χ2v) is 3.93. The molecule has 1 saturated heterocycles. The summed E-state index contributed by atoms with van der Waals surface area (Å²) >= 11 is 0. The van der Waals surface area contributed by atoms with E-state index >= 15 is 0 Å². The number of amides is 1.